The van der Waals surface area contributed by atoms with Gasteiger partial charge in [-0.15, -0.1) is 0 Å². The third-order valence-electron chi connectivity index (χ3n) is 3.15. The van der Waals surface area contributed by atoms with E-state index in [1.165, 1.54) is 6.07 Å². The Bertz CT molecular complexity index is 453. The van der Waals surface area contributed by atoms with Crippen LogP contribution in [0, 0.1) is 0 Å². The molecule has 0 spiro atoms. The standard InChI is InChI=1S/C13H13F5O/c14-12(15,13(16,17)18)8-19-11-6-5-9-3-1-2-4-10(9)7-11/h5-7H,1-4,8H2. The number of fused-ring (bicyclic) bond motifs is 1. The normalized spacial score (nSPS) is 16.1. The number of hydrogen-bond acceptors (Lipinski definition) is 1. The van der Waals surface area contributed by atoms with Crippen molar-refractivity contribution in [3.05, 3.63) is 29.3 Å². The number of alkyl halides is 5. The molecular weight excluding hydrogens is 267 g/mol. The maximum Gasteiger partial charge on any atom is 0.456 e. The van der Waals surface area contributed by atoms with Crippen molar-refractivity contribution in [1.29, 1.82) is 0 Å². The van der Waals surface area contributed by atoms with Crippen LogP contribution >= 0.6 is 0 Å². The van der Waals surface area contributed by atoms with Gasteiger partial charge in [0.1, 0.15) is 5.75 Å². The molecule has 0 atom stereocenters. The lowest BCUT2D eigenvalue weighted by molar-refractivity contribution is -0.290. The average molecular weight is 280 g/mol. The van der Waals surface area contributed by atoms with Gasteiger partial charge in [0.25, 0.3) is 0 Å². The van der Waals surface area contributed by atoms with E-state index in [0.29, 0.717) is 0 Å². The van der Waals surface area contributed by atoms with Crippen LogP contribution in [0.4, 0.5) is 22.0 Å². The third-order valence-corrected chi connectivity index (χ3v) is 3.15. The zero-order valence-corrected chi connectivity index (χ0v) is 10.1. The Balaban J connectivity index is 2.04. The van der Waals surface area contributed by atoms with Crippen molar-refractivity contribution in [2.75, 3.05) is 6.61 Å². The topological polar surface area (TPSA) is 9.23 Å². The molecule has 0 aliphatic heterocycles. The minimum absolute atomic E-state index is 0.0598. The third kappa shape index (κ3) is 3.16. The molecule has 6 heteroatoms. The van der Waals surface area contributed by atoms with Crippen molar-refractivity contribution in [1.82, 2.24) is 0 Å². The first-order valence-corrected chi connectivity index (χ1v) is 5.99. The summed E-state index contributed by atoms with van der Waals surface area (Å²) >= 11 is 0. The summed E-state index contributed by atoms with van der Waals surface area (Å²) in [5, 5.41) is 0. The molecule has 0 saturated carbocycles. The Kier molecular flexibility index (Phi) is 3.69. The molecule has 19 heavy (non-hydrogen) atoms. The van der Waals surface area contributed by atoms with Crippen LogP contribution in [0.1, 0.15) is 24.0 Å². The first-order chi connectivity index (χ1) is 8.79. The van der Waals surface area contributed by atoms with Crippen LogP contribution in [0.3, 0.4) is 0 Å². The van der Waals surface area contributed by atoms with Crippen LogP contribution in [0.25, 0.3) is 0 Å². The average Bonchev–Trinajstić information content (AvgIpc) is 2.35. The van der Waals surface area contributed by atoms with Crippen LogP contribution in [0.15, 0.2) is 18.2 Å². The Morgan fingerprint density at radius 3 is 2.21 bits per heavy atom. The van der Waals surface area contributed by atoms with E-state index in [4.69, 9.17) is 0 Å². The maximum absolute atomic E-state index is 12.7. The first-order valence-electron chi connectivity index (χ1n) is 5.99. The molecule has 0 saturated heterocycles. The number of benzene rings is 1. The summed E-state index contributed by atoms with van der Waals surface area (Å²) in [5.41, 5.74) is 2.08. The van der Waals surface area contributed by atoms with E-state index >= 15 is 0 Å². The van der Waals surface area contributed by atoms with Crippen molar-refractivity contribution < 1.29 is 26.7 Å². The van der Waals surface area contributed by atoms with Crippen LogP contribution in [-0.4, -0.2) is 18.7 Å². The Hall–Kier alpha value is -1.33. The van der Waals surface area contributed by atoms with Crippen molar-refractivity contribution in [3.63, 3.8) is 0 Å². The highest BCUT2D eigenvalue weighted by atomic mass is 19.4. The van der Waals surface area contributed by atoms with Gasteiger partial charge in [-0.3, -0.25) is 0 Å². The van der Waals surface area contributed by atoms with Gasteiger partial charge in [0.15, 0.2) is 6.61 Å². The molecule has 0 heterocycles. The molecule has 1 nitrogen and oxygen atoms in total. The van der Waals surface area contributed by atoms with Gasteiger partial charge < -0.3 is 4.74 Å². The predicted octanol–water partition coefficient (Wildman–Crippen LogP) is 4.14. The van der Waals surface area contributed by atoms with Gasteiger partial charge >= 0.3 is 12.1 Å². The fourth-order valence-corrected chi connectivity index (χ4v) is 2.06. The summed E-state index contributed by atoms with van der Waals surface area (Å²) in [5.74, 6) is -4.77. The van der Waals surface area contributed by atoms with Gasteiger partial charge in [-0.2, -0.15) is 22.0 Å². The molecule has 1 aromatic carbocycles. The number of halogens is 5. The van der Waals surface area contributed by atoms with Crippen molar-refractivity contribution in [3.8, 4) is 5.75 Å². The van der Waals surface area contributed by atoms with Crippen LogP contribution in [0.5, 0.6) is 5.75 Å². The van der Waals surface area contributed by atoms with Crippen LogP contribution in [-0.2, 0) is 12.8 Å². The highest BCUT2D eigenvalue weighted by molar-refractivity contribution is 5.37. The van der Waals surface area contributed by atoms with E-state index in [-0.39, 0.29) is 5.75 Å². The summed E-state index contributed by atoms with van der Waals surface area (Å²) in [7, 11) is 0. The molecule has 1 aromatic rings. The predicted molar refractivity (Wildman–Crippen MR) is 59.6 cm³/mol. The summed E-state index contributed by atoms with van der Waals surface area (Å²) in [4.78, 5) is 0. The molecule has 0 N–H and O–H groups in total. The Morgan fingerprint density at radius 1 is 0.947 bits per heavy atom. The number of hydrogen-bond donors (Lipinski definition) is 0. The fraction of sp³-hybridized carbons (Fsp3) is 0.538. The molecule has 2 rings (SSSR count). The monoisotopic (exact) mass is 280 g/mol. The lowest BCUT2D eigenvalue weighted by atomic mass is 9.92. The summed E-state index contributed by atoms with van der Waals surface area (Å²) < 4.78 is 65.9. The summed E-state index contributed by atoms with van der Waals surface area (Å²) in [6.07, 6.45) is -1.80. The van der Waals surface area contributed by atoms with Crippen LogP contribution in [0.2, 0.25) is 0 Å². The highest BCUT2D eigenvalue weighted by Gasteiger charge is 2.58. The second-order valence-corrected chi connectivity index (χ2v) is 4.63. The number of ether oxygens (including phenoxy) is 1. The maximum atomic E-state index is 12.7. The number of rotatable bonds is 3. The van der Waals surface area contributed by atoms with E-state index < -0.39 is 18.7 Å². The molecule has 106 valence electrons. The summed E-state index contributed by atoms with van der Waals surface area (Å²) in [6.45, 7) is -1.69. The fourth-order valence-electron chi connectivity index (χ4n) is 2.06. The smallest absolute Gasteiger partial charge is 0.456 e. The van der Waals surface area contributed by atoms with Gasteiger partial charge in [-0.25, -0.2) is 0 Å². The zero-order valence-electron chi connectivity index (χ0n) is 10.1. The minimum atomic E-state index is -5.58. The molecule has 1 aliphatic rings. The van der Waals surface area contributed by atoms with Crippen LogP contribution < -0.4 is 4.74 Å². The molecule has 0 amide bonds. The van der Waals surface area contributed by atoms with Gasteiger partial charge in [0.05, 0.1) is 0 Å². The van der Waals surface area contributed by atoms with Crippen molar-refractivity contribution in [2.24, 2.45) is 0 Å². The van der Waals surface area contributed by atoms with E-state index in [2.05, 4.69) is 4.74 Å². The molecule has 0 unspecified atom stereocenters. The quantitative estimate of drug-likeness (QED) is 0.756. The van der Waals surface area contributed by atoms with E-state index in [0.717, 1.165) is 36.8 Å². The second kappa shape index (κ2) is 4.98. The van der Waals surface area contributed by atoms with E-state index in [1.807, 2.05) is 0 Å². The molecular formula is C13H13F5O. The highest BCUT2D eigenvalue weighted by Crippen LogP contribution is 2.36. The van der Waals surface area contributed by atoms with Gasteiger partial charge in [-0.05, 0) is 48.9 Å². The lowest BCUT2D eigenvalue weighted by Crippen LogP contribution is -2.41. The van der Waals surface area contributed by atoms with Gasteiger partial charge in [0.2, 0.25) is 0 Å². The van der Waals surface area contributed by atoms with E-state index in [9.17, 15) is 22.0 Å². The van der Waals surface area contributed by atoms with Gasteiger partial charge in [-0.1, -0.05) is 6.07 Å². The largest absolute Gasteiger partial charge is 0.487 e. The number of aryl methyl sites for hydroxylation is 2. The SMILES string of the molecule is FC(F)(F)C(F)(F)COc1ccc2c(c1)CCCC2. The molecule has 0 bridgehead atoms. The molecule has 0 fully saturated rings. The summed E-state index contributed by atoms with van der Waals surface area (Å²) in [6, 6.07) is 4.73. The lowest BCUT2D eigenvalue weighted by Gasteiger charge is -2.21. The zero-order chi connectivity index (χ0) is 14.1. The second-order valence-electron chi connectivity index (χ2n) is 4.63. The van der Waals surface area contributed by atoms with Gasteiger partial charge in [0, 0.05) is 0 Å². The minimum Gasteiger partial charge on any atom is -0.487 e. The van der Waals surface area contributed by atoms with E-state index in [1.54, 1.807) is 12.1 Å². The Morgan fingerprint density at radius 2 is 1.58 bits per heavy atom. The van der Waals surface area contributed by atoms with Crippen molar-refractivity contribution in [2.45, 2.75) is 37.8 Å². The molecule has 1 aliphatic carbocycles. The van der Waals surface area contributed by atoms with Crippen molar-refractivity contribution >= 4 is 0 Å². The molecule has 0 radical (unpaired) electrons. The first kappa shape index (κ1) is 14.1. The molecule has 0 aromatic heterocycles. The Labute approximate surface area is 107 Å².